The van der Waals surface area contributed by atoms with E-state index in [0.29, 0.717) is 12.6 Å². The molecule has 1 aromatic rings. The molecule has 0 aliphatic carbocycles. The van der Waals surface area contributed by atoms with E-state index in [1.165, 1.54) is 12.0 Å². The second-order valence-electron chi connectivity index (χ2n) is 7.12. The topological polar surface area (TPSA) is 52.5 Å². The van der Waals surface area contributed by atoms with E-state index >= 15 is 0 Å². The van der Waals surface area contributed by atoms with E-state index in [9.17, 15) is 5.11 Å². The smallest absolute Gasteiger partial charge is 0.135 e. The first-order valence-corrected chi connectivity index (χ1v) is 8.35. The summed E-state index contributed by atoms with van der Waals surface area (Å²) in [5.74, 6) is 1.92. The second kappa shape index (κ2) is 5.78. The van der Waals surface area contributed by atoms with E-state index in [1.807, 2.05) is 6.92 Å². The predicted octanol–water partition coefficient (Wildman–Crippen LogP) is 1.68. The number of rotatable bonds is 2. The number of aliphatic hydroxyl groups is 1. The maximum atomic E-state index is 10.0. The molecule has 2 saturated heterocycles. The van der Waals surface area contributed by atoms with Crippen molar-refractivity contribution in [3.63, 3.8) is 0 Å². The van der Waals surface area contributed by atoms with Crippen molar-refractivity contribution in [1.82, 2.24) is 14.9 Å². The highest BCUT2D eigenvalue weighted by atomic mass is 16.3. The number of nitrogens with zero attached hydrogens (tertiary/aromatic N) is 4. The lowest BCUT2D eigenvalue weighted by molar-refractivity contribution is -0.0277. The molecule has 3 rings (SSSR count). The van der Waals surface area contributed by atoms with Gasteiger partial charge in [-0.25, -0.2) is 9.97 Å². The summed E-state index contributed by atoms with van der Waals surface area (Å²) in [7, 11) is 2.20. The minimum Gasteiger partial charge on any atom is -0.396 e. The van der Waals surface area contributed by atoms with Crippen molar-refractivity contribution in [2.24, 2.45) is 5.41 Å². The van der Waals surface area contributed by atoms with Crippen LogP contribution in [0.1, 0.15) is 36.3 Å². The zero-order valence-electron chi connectivity index (χ0n) is 14.3. The average Bonchev–Trinajstić information content (AvgIpc) is 2.51. The van der Waals surface area contributed by atoms with Gasteiger partial charge in [0, 0.05) is 35.8 Å². The molecule has 0 bridgehead atoms. The fourth-order valence-corrected chi connectivity index (χ4v) is 4.27. The number of likely N-dealkylation sites (tertiary alicyclic amines) is 1. The maximum absolute atomic E-state index is 10.0. The molecule has 3 heterocycles. The van der Waals surface area contributed by atoms with Gasteiger partial charge < -0.3 is 14.9 Å². The quantitative estimate of drug-likeness (QED) is 0.901. The summed E-state index contributed by atoms with van der Waals surface area (Å²) in [6.07, 6.45) is 3.38. The zero-order valence-corrected chi connectivity index (χ0v) is 14.3. The standard InChI is InChI=1S/C17H28N4O/c1-12-13(2)18-14(3)19-16(12)21-9-7-17(11-22)6-5-8-20(4)15(17)10-21/h15,22H,5-11H2,1-4H3/t15-,17-/m1/s1. The highest BCUT2D eigenvalue weighted by Crippen LogP contribution is 2.42. The number of aromatic nitrogens is 2. The fourth-order valence-electron chi connectivity index (χ4n) is 4.27. The lowest BCUT2D eigenvalue weighted by atomic mass is 9.69. The molecule has 122 valence electrons. The third-order valence-corrected chi connectivity index (χ3v) is 5.79. The summed E-state index contributed by atoms with van der Waals surface area (Å²) in [6.45, 7) is 9.49. The number of hydrogen-bond donors (Lipinski definition) is 1. The van der Waals surface area contributed by atoms with Crippen molar-refractivity contribution in [1.29, 1.82) is 0 Å². The van der Waals surface area contributed by atoms with E-state index in [4.69, 9.17) is 4.98 Å². The number of piperidine rings is 2. The number of aliphatic hydroxyl groups excluding tert-OH is 1. The first kappa shape index (κ1) is 15.7. The van der Waals surface area contributed by atoms with E-state index in [-0.39, 0.29) is 5.41 Å². The monoisotopic (exact) mass is 304 g/mol. The van der Waals surface area contributed by atoms with Crippen LogP contribution >= 0.6 is 0 Å². The number of fused-ring (bicyclic) bond motifs is 1. The molecule has 2 aliphatic rings. The van der Waals surface area contributed by atoms with Gasteiger partial charge in [-0.05, 0) is 53.6 Å². The number of likely N-dealkylation sites (N-methyl/N-ethyl adjacent to an activating group) is 1. The summed E-state index contributed by atoms with van der Waals surface area (Å²) in [5, 5.41) is 10.0. The van der Waals surface area contributed by atoms with Crippen molar-refractivity contribution < 1.29 is 5.11 Å². The largest absolute Gasteiger partial charge is 0.396 e. The van der Waals surface area contributed by atoms with Crippen LogP contribution in [0, 0.1) is 26.2 Å². The molecule has 2 fully saturated rings. The first-order valence-electron chi connectivity index (χ1n) is 8.35. The second-order valence-corrected chi connectivity index (χ2v) is 7.12. The lowest BCUT2D eigenvalue weighted by Gasteiger charge is -2.54. The first-order chi connectivity index (χ1) is 10.5. The highest BCUT2D eigenvalue weighted by Gasteiger charge is 2.46. The van der Waals surface area contributed by atoms with Crippen molar-refractivity contribution >= 4 is 5.82 Å². The van der Waals surface area contributed by atoms with Crippen LogP contribution in [0.15, 0.2) is 0 Å². The third kappa shape index (κ3) is 2.50. The molecule has 0 amide bonds. The summed E-state index contributed by atoms with van der Waals surface area (Å²) in [6, 6.07) is 0.412. The van der Waals surface area contributed by atoms with Crippen LogP contribution in [0.5, 0.6) is 0 Å². The Morgan fingerprint density at radius 1 is 1.18 bits per heavy atom. The third-order valence-electron chi connectivity index (χ3n) is 5.79. The molecule has 22 heavy (non-hydrogen) atoms. The molecule has 0 aromatic carbocycles. The summed E-state index contributed by atoms with van der Waals surface area (Å²) < 4.78 is 0. The molecule has 0 unspecified atom stereocenters. The molecular formula is C17H28N4O. The van der Waals surface area contributed by atoms with Crippen LogP contribution in [0.25, 0.3) is 0 Å². The van der Waals surface area contributed by atoms with Gasteiger partial charge in [0.05, 0.1) is 6.61 Å². The van der Waals surface area contributed by atoms with E-state index in [0.717, 1.165) is 49.8 Å². The van der Waals surface area contributed by atoms with E-state index < -0.39 is 0 Å². The maximum Gasteiger partial charge on any atom is 0.135 e. The van der Waals surface area contributed by atoms with Crippen LogP contribution in [-0.4, -0.2) is 59.3 Å². The molecule has 2 aliphatic heterocycles. The van der Waals surface area contributed by atoms with E-state index in [1.54, 1.807) is 0 Å². The normalized spacial score (nSPS) is 29.5. The predicted molar refractivity (Wildman–Crippen MR) is 88.2 cm³/mol. The van der Waals surface area contributed by atoms with Gasteiger partial charge in [0.25, 0.3) is 0 Å². The molecular weight excluding hydrogens is 276 g/mol. The molecule has 5 heteroatoms. The van der Waals surface area contributed by atoms with Gasteiger partial charge in [-0.1, -0.05) is 0 Å². The lowest BCUT2D eigenvalue weighted by Crippen LogP contribution is -2.61. The molecule has 0 saturated carbocycles. The fraction of sp³-hybridized carbons (Fsp3) is 0.765. The van der Waals surface area contributed by atoms with Crippen molar-refractivity contribution in [2.75, 3.05) is 38.2 Å². The van der Waals surface area contributed by atoms with Crippen molar-refractivity contribution in [3.05, 3.63) is 17.1 Å². The SMILES string of the molecule is Cc1nc(C)c(C)c(N2CC[C@@]3(CO)CCCN(C)[C@@H]3C2)n1. The van der Waals surface area contributed by atoms with Crippen molar-refractivity contribution in [2.45, 2.75) is 46.1 Å². The van der Waals surface area contributed by atoms with Gasteiger partial charge >= 0.3 is 0 Å². The zero-order chi connectivity index (χ0) is 15.9. The van der Waals surface area contributed by atoms with Crippen LogP contribution in [-0.2, 0) is 0 Å². The number of hydrogen-bond acceptors (Lipinski definition) is 5. The van der Waals surface area contributed by atoms with Crippen LogP contribution in [0.3, 0.4) is 0 Å². The van der Waals surface area contributed by atoms with Gasteiger partial charge in [-0.15, -0.1) is 0 Å². The Kier molecular flexibility index (Phi) is 4.12. The average molecular weight is 304 g/mol. The summed E-state index contributed by atoms with van der Waals surface area (Å²) in [5.41, 5.74) is 2.33. The Morgan fingerprint density at radius 3 is 2.68 bits per heavy atom. The molecule has 1 N–H and O–H groups in total. The molecule has 0 radical (unpaired) electrons. The number of anilines is 1. The van der Waals surface area contributed by atoms with Crippen LogP contribution in [0.2, 0.25) is 0 Å². The number of aryl methyl sites for hydroxylation is 2. The Bertz CT molecular complexity index is 562. The Labute approximate surface area is 133 Å². The Morgan fingerprint density at radius 2 is 1.95 bits per heavy atom. The Balaban J connectivity index is 1.90. The van der Waals surface area contributed by atoms with Crippen molar-refractivity contribution in [3.8, 4) is 0 Å². The summed E-state index contributed by atoms with van der Waals surface area (Å²) in [4.78, 5) is 14.0. The molecule has 5 nitrogen and oxygen atoms in total. The minimum absolute atomic E-state index is 0.0779. The van der Waals surface area contributed by atoms with Gasteiger partial charge in [-0.3, -0.25) is 0 Å². The minimum atomic E-state index is 0.0779. The van der Waals surface area contributed by atoms with Crippen LogP contribution in [0.4, 0.5) is 5.82 Å². The van der Waals surface area contributed by atoms with Gasteiger partial charge in [0.2, 0.25) is 0 Å². The Hall–Kier alpha value is -1.20. The van der Waals surface area contributed by atoms with Crippen LogP contribution < -0.4 is 4.90 Å². The van der Waals surface area contributed by atoms with E-state index in [2.05, 4.69) is 35.7 Å². The van der Waals surface area contributed by atoms with Gasteiger partial charge in [-0.2, -0.15) is 0 Å². The molecule has 0 spiro atoms. The molecule has 2 atom stereocenters. The van der Waals surface area contributed by atoms with Gasteiger partial charge in [0.1, 0.15) is 11.6 Å². The summed E-state index contributed by atoms with van der Waals surface area (Å²) >= 11 is 0. The highest BCUT2D eigenvalue weighted by molar-refractivity contribution is 5.49. The molecule has 1 aromatic heterocycles. The van der Waals surface area contributed by atoms with Gasteiger partial charge in [0.15, 0.2) is 0 Å².